The van der Waals surface area contributed by atoms with Gasteiger partial charge in [-0.2, -0.15) is 0 Å². The molecular formula is C40H32N4. The first-order valence-electron chi connectivity index (χ1n) is 15.2. The molecule has 44 heavy (non-hydrogen) atoms. The fourth-order valence-electron chi connectivity index (χ4n) is 7.24. The van der Waals surface area contributed by atoms with Gasteiger partial charge < -0.3 is 0 Å². The Morgan fingerprint density at radius 3 is 2.34 bits per heavy atom. The van der Waals surface area contributed by atoms with E-state index in [2.05, 4.69) is 133 Å². The van der Waals surface area contributed by atoms with Crippen LogP contribution in [0.15, 0.2) is 122 Å². The minimum Gasteiger partial charge on any atom is -0.276 e. The molecular weight excluding hydrogens is 536 g/mol. The molecule has 1 aliphatic carbocycles. The molecule has 3 heterocycles. The zero-order chi connectivity index (χ0) is 30.0. The van der Waals surface area contributed by atoms with Gasteiger partial charge in [-0.3, -0.25) is 9.55 Å². The molecule has 4 nitrogen and oxygen atoms in total. The highest BCUT2D eigenvalue weighted by Gasteiger charge is 2.40. The van der Waals surface area contributed by atoms with E-state index in [-0.39, 0.29) is 5.41 Å². The summed E-state index contributed by atoms with van der Waals surface area (Å²) < 4.78 is 2.27. The van der Waals surface area contributed by atoms with Crippen LogP contribution >= 0.6 is 0 Å². The van der Waals surface area contributed by atoms with Crippen LogP contribution in [0.5, 0.6) is 0 Å². The van der Waals surface area contributed by atoms with Crippen molar-refractivity contribution in [2.45, 2.75) is 33.1 Å². The largest absolute Gasteiger partial charge is 0.276 e. The van der Waals surface area contributed by atoms with Crippen LogP contribution in [0.25, 0.3) is 66.5 Å². The van der Waals surface area contributed by atoms with Gasteiger partial charge in [0.2, 0.25) is 5.95 Å². The van der Waals surface area contributed by atoms with E-state index >= 15 is 0 Å². The van der Waals surface area contributed by atoms with Gasteiger partial charge in [-0.05, 0) is 64.6 Å². The van der Waals surface area contributed by atoms with Crippen molar-refractivity contribution >= 4 is 38.2 Å². The average molecular weight is 569 g/mol. The summed E-state index contributed by atoms with van der Waals surface area (Å²) in [5.41, 5.74) is 11.0. The molecule has 212 valence electrons. The smallest absolute Gasteiger partial charge is 0.235 e. The summed E-state index contributed by atoms with van der Waals surface area (Å²) in [6.07, 6.45) is 10.1. The summed E-state index contributed by atoms with van der Waals surface area (Å²) in [5.74, 6) is 0.641. The van der Waals surface area contributed by atoms with Gasteiger partial charge in [0.05, 0.1) is 28.6 Å². The lowest BCUT2D eigenvalue weighted by Crippen LogP contribution is -2.17. The lowest BCUT2D eigenvalue weighted by Gasteiger charge is -2.24. The summed E-state index contributed by atoms with van der Waals surface area (Å²) in [7, 11) is 0. The van der Waals surface area contributed by atoms with Crippen molar-refractivity contribution in [1.82, 2.24) is 19.5 Å². The first-order chi connectivity index (χ1) is 21.5. The molecule has 0 fully saturated rings. The summed E-state index contributed by atoms with van der Waals surface area (Å²) in [5, 5.41) is 4.86. The van der Waals surface area contributed by atoms with Crippen LogP contribution in [0, 0.1) is 0 Å². The summed E-state index contributed by atoms with van der Waals surface area (Å²) in [6, 6.07) is 32.3. The third-order valence-corrected chi connectivity index (χ3v) is 9.15. The third-order valence-electron chi connectivity index (χ3n) is 9.15. The monoisotopic (exact) mass is 568 g/mol. The predicted molar refractivity (Wildman–Crippen MR) is 183 cm³/mol. The minimum absolute atomic E-state index is 0.243. The van der Waals surface area contributed by atoms with Gasteiger partial charge in [0.1, 0.15) is 0 Å². The number of pyridine rings is 1. The standard InChI is InChI=1S/C40H32N4/c1-5-14-25(6-2)32-23-33(26-15-8-7-9-16-26)43-39(42-32)44-34-24-41-22-21-30(34)36-28-18-11-10-17-27(28)35-29-19-12-13-20-31(29)40(3,4)37(35)38(36)44/h5-24H,1-4H3/b14-5-,25-6+. The number of benzene rings is 4. The molecule has 4 aromatic carbocycles. The van der Waals surface area contributed by atoms with Crippen LogP contribution in [0.1, 0.15) is 44.5 Å². The Kier molecular flexibility index (Phi) is 5.89. The Morgan fingerprint density at radius 2 is 1.55 bits per heavy atom. The van der Waals surface area contributed by atoms with Crippen LogP contribution in [-0.2, 0) is 5.41 Å². The van der Waals surface area contributed by atoms with Gasteiger partial charge in [0, 0.05) is 27.9 Å². The Balaban J connectivity index is 1.59. The lowest BCUT2D eigenvalue weighted by molar-refractivity contribution is 0.663. The molecule has 4 heteroatoms. The molecule has 0 unspecified atom stereocenters. The van der Waals surface area contributed by atoms with E-state index in [0.29, 0.717) is 5.95 Å². The van der Waals surface area contributed by atoms with E-state index < -0.39 is 0 Å². The predicted octanol–water partition coefficient (Wildman–Crippen LogP) is 10.1. The second-order valence-corrected chi connectivity index (χ2v) is 12.0. The molecule has 0 aliphatic heterocycles. The molecule has 0 N–H and O–H groups in total. The number of hydrogen-bond donors (Lipinski definition) is 0. The van der Waals surface area contributed by atoms with Crippen molar-refractivity contribution < 1.29 is 0 Å². The van der Waals surface area contributed by atoms with Crippen LogP contribution < -0.4 is 0 Å². The van der Waals surface area contributed by atoms with E-state index in [1.54, 1.807) is 0 Å². The van der Waals surface area contributed by atoms with Gasteiger partial charge in [0.25, 0.3) is 0 Å². The molecule has 0 atom stereocenters. The second-order valence-electron chi connectivity index (χ2n) is 12.0. The van der Waals surface area contributed by atoms with Crippen LogP contribution in [0.4, 0.5) is 0 Å². The zero-order valence-electron chi connectivity index (χ0n) is 25.3. The van der Waals surface area contributed by atoms with Crippen molar-refractivity contribution in [3.05, 3.63) is 138 Å². The maximum absolute atomic E-state index is 5.30. The first-order valence-corrected chi connectivity index (χ1v) is 15.2. The van der Waals surface area contributed by atoms with E-state index in [1.165, 1.54) is 38.4 Å². The van der Waals surface area contributed by atoms with Crippen LogP contribution in [-0.4, -0.2) is 19.5 Å². The highest BCUT2D eigenvalue weighted by Crippen LogP contribution is 2.56. The van der Waals surface area contributed by atoms with Gasteiger partial charge >= 0.3 is 0 Å². The molecule has 0 saturated carbocycles. The zero-order valence-corrected chi connectivity index (χ0v) is 25.3. The molecule has 0 amide bonds. The van der Waals surface area contributed by atoms with Gasteiger partial charge in [0.15, 0.2) is 0 Å². The molecule has 7 aromatic rings. The average Bonchev–Trinajstić information content (AvgIpc) is 3.53. The Morgan fingerprint density at radius 1 is 0.795 bits per heavy atom. The summed E-state index contributed by atoms with van der Waals surface area (Å²) in [6.45, 7) is 8.80. The summed E-state index contributed by atoms with van der Waals surface area (Å²) >= 11 is 0. The summed E-state index contributed by atoms with van der Waals surface area (Å²) in [4.78, 5) is 15.2. The number of allylic oxidation sites excluding steroid dienone is 4. The number of aromatic nitrogens is 4. The van der Waals surface area contributed by atoms with Crippen molar-refractivity contribution in [2.75, 3.05) is 0 Å². The molecule has 0 bridgehead atoms. The van der Waals surface area contributed by atoms with Crippen LogP contribution in [0.2, 0.25) is 0 Å². The fraction of sp³-hybridized carbons (Fsp3) is 0.125. The number of rotatable bonds is 4. The van der Waals surface area contributed by atoms with Crippen LogP contribution in [0.3, 0.4) is 0 Å². The highest BCUT2D eigenvalue weighted by atomic mass is 15.2. The van der Waals surface area contributed by atoms with Crippen molar-refractivity contribution in [1.29, 1.82) is 0 Å². The van der Waals surface area contributed by atoms with Crippen molar-refractivity contribution in [3.8, 4) is 28.3 Å². The van der Waals surface area contributed by atoms with Gasteiger partial charge in [-0.1, -0.05) is 111 Å². The molecule has 0 radical (unpaired) electrons. The minimum atomic E-state index is -0.243. The van der Waals surface area contributed by atoms with E-state index in [4.69, 9.17) is 9.97 Å². The Hall–Kier alpha value is -5.35. The Labute approximate surface area is 257 Å². The maximum atomic E-state index is 5.30. The number of nitrogens with zero attached hydrogens (tertiary/aromatic N) is 4. The first kappa shape index (κ1) is 26.3. The van der Waals surface area contributed by atoms with Crippen molar-refractivity contribution in [3.63, 3.8) is 0 Å². The molecule has 1 aliphatic rings. The van der Waals surface area contributed by atoms with E-state index in [0.717, 1.165) is 38.9 Å². The quantitative estimate of drug-likeness (QED) is 0.198. The van der Waals surface area contributed by atoms with E-state index in [1.807, 2.05) is 25.4 Å². The fourth-order valence-corrected chi connectivity index (χ4v) is 7.24. The molecule has 3 aromatic heterocycles. The number of hydrogen-bond acceptors (Lipinski definition) is 3. The Bertz CT molecular complexity index is 2320. The highest BCUT2D eigenvalue weighted by molar-refractivity contribution is 6.26. The van der Waals surface area contributed by atoms with E-state index in [9.17, 15) is 0 Å². The SMILES string of the molecule is C/C=C\C(=C/C)c1cc(-c2ccccc2)nc(-n2c3cnccc3c3c4ccccc4c4c(c32)C(C)(C)c2ccccc2-4)n1. The topological polar surface area (TPSA) is 43.6 Å². The van der Waals surface area contributed by atoms with Crippen molar-refractivity contribution in [2.24, 2.45) is 0 Å². The normalized spacial score (nSPS) is 14.1. The maximum Gasteiger partial charge on any atom is 0.235 e. The lowest BCUT2D eigenvalue weighted by atomic mass is 9.80. The third kappa shape index (κ3) is 3.67. The molecule has 8 rings (SSSR count). The van der Waals surface area contributed by atoms with Gasteiger partial charge in [-0.25, -0.2) is 9.97 Å². The molecule has 0 spiro atoms. The second kappa shape index (κ2) is 9.85. The molecule has 0 saturated heterocycles. The van der Waals surface area contributed by atoms with Gasteiger partial charge in [-0.15, -0.1) is 0 Å². The number of fused-ring (bicyclic) bond motifs is 10.